The van der Waals surface area contributed by atoms with E-state index >= 15 is 0 Å². The lowest BCUT2D eigenvalue weighted by Crippen LogP contribution is -2.26. The molecule has 0 spiro atoms. The summed E-state index contributed by atoms with van der Waals surface area (Å²) in [5.41, 5.74) is 3.96. The van der Waals surface area contributed by atoms with E-state index in [0.717, 1.165) is 16.6 Å². The molecule has 6 aromatic rings. The highest BCUT2D eigenvalue weighted by Gasteiger charge is 2.19. The van der Waals surface area contributed by atoms with Gasteiger partial charge in [0.15, 0.2) is 16.8 Å². The maximum absolute atomic E-state index is 12.1. The number of nitrogens with zero attached hydrogens (tertiary/aromatic N) is 7. The van der Waals surface area contributed by atoms with Crippen LogP contribution in [0, 0.1) is 0 Å². The fraction of sp³-hybridized carbons (Fsp3) is 0.233. The monoisotopic (exact) mass is 566 g/mol. The summed E-state index contributed by atoms with van der Waals surface area (Å²) in [5.74, 6) is 0.552. The molecule has 6 rings (SSSR count). The van der Waals surface area contributed by atoms with Crippen LogP contribution in [0.1, 0.15) is 31.9 Å². The van der Waals surface area contributed by atoms with Crippen LogP contribution in [0.25, 0.3) is 22.3 Å². The molecule has 0 fully saturated rings. The number of carbonyl (C=O) groups excluding carboxylic acids is 1. The predicted octanol–water partition coefficient (Wildman–Crippen LogP) is 4.68. The smallest absolute Gasteiger partial charge is 0.326 e. The van der Waals surface area contributed by atoms with Crippen molar-refractivity contribution in [1.29, 1.82) is 0 Å². The number of aromatic amines is 1. The van der Waals surface area contributed by atoms with Gasteiger partial charge >= 0.3 is 5.97 Å². The summed E-state index contributed by atoms with van der Waals surface area (Å²) in [7, 11) is 0. The molecule has 0 amide bonds. The van der Waals surface area contributed by atoms with E-state index in [1.807, 2.05) is 81.4 Å². The molecule has 4 heterocycles. The maximum Gasteiger partial charge on any atom is 0.326 e. The first-order valence-electron chi connectivity index (χ1n) is 13.2. The number of carbonyl (C=O) groups is 1. The molecule has 0 unspecified atom stereocenters. The first-order valence-corrected chi connectivity index (χ1v) is 13.2. The molecule has 2 aromatic carbocycles. The largest absolute Gasteiger partial charge is 0.471 e. The van der Waals surface area contributed by atoms with Crippen LogP contribution in [0.4, 0.5) is 0 Å². The van der Waals surface area contributed by atoms with Gasteiger partial charge in [0, 0.05) is 0 Å². The molecular formula is C30H30N8O4. The van der Waals surface area contributed by atoms with Gasteiger partial charge in [0.1, 0.15) is 43.5 Å². The molecule has 0 radical (unpaired) electrons. The second-order valence-electron chi connectivity index (χ2n) is 10.1. The Morgan fingerprint density at radius 2 is 1.36 bits per heavy atom. The summed E-state index contributed by atoms with van der Waals surface area (Å²) in [6.07, 6.45) is 5.96. The summed E-state index contributed by atoms with van der Waals surface area (Å²) in [5, 5.41) is 0. The second-order valence-corrected chi connectivity index (χ2v) is 10.1. The Labute approximate surface area is 241 Å². The lowest BCUT2D eigenvalue weighted by atomic mass is 10.2. The fourth-order valence-electron chi connectivity index (χ4n) is 3.92. The van der Waals surface area contributed by atoms with Crippen LogP contribution in [0.2, 0.25) is 0 Å². The zero-order valence-electron chi connectivity index (χ0n) is 23.5. The first kappa shape index (κ1) is 28.1. The normalized spacial score (nSPS) is 11.1. The van der Waals surface area contributed by atoms with E-state index in [1.54, 1.807) is 17.2 Å². The van der Waals surface area contributed by atoms with E-state index in [1.165, 1.54) is 12.7 Å². The van der Waals surface area contributed by atoms with Crippen molar-refractivity contribution in [3.05, 3.63) is 97.1 Å². The fourth-order valence-corrected chi connectivity index (χ4v) is 3.92. The van der Waals surface area contributed by atoms with Crippen molar-refractivity contribution in [1.82, 2.24) is 39.5 Å². The number of H-pyrrole nitrogens is 1. The van der Waals surface area contributed by atoms with Crippen molar-refractivity contribution in [3.63, 3.8) is 0 Å². The molecule has 1 N–H and O–H groups in total. The number of benzene rings is 2. The lowest BCUT2D eigenvalue weighted by Gasteiger charge is -2.19. The highest BCUT2D eigenvalue weighted by atomic mass is 16.6. The summed E-state index contributed by atoms with van der Waals surface area (Å²) < 4.78 is 18.5. The van der Waals surface area contributed by atoms with Crippen molar-refractivity contribution < 1.29 is 19.0 Å². The van der Waals surface area contributed by atoms with E-state index in [9.17, 15) is 4.79 Å². The van der Waals surface area contributed by atoms with Gasteiger partial charge in [-0.05, 0) is 31.9 Å². The number of nitrogens with one attached hydrogen (secondary N) is 1. The SMILES string of the molecule is CC(C)(C)OC(=O)Cn1cnc2ncnc(OCc3ccccc3)c21.c1ccc(COc2ncnc3nc[nH]c23)cc1. The zero-order valence-corrected chi connectivity index (χ0v) is 23.5. The Kier molecular flexibility index (Phi) is 8.61. The number of ether oxygens (including phenoxy) is 3. The average Bonchev–Trinajstić information content (AvgIpc) is 3.63. The Morgan fingerprint density at radius 1 is 0.762 bits per heavy atom. The Hall–Kier alpha value is -5.39. The average molecular weight is 567 g/mol. The van der Waals surface area contributed by atoms with Crippen LogP contribution in [0.5, 0.6) is 11.8 Å². The number of imidazole rings is 2. The van der Waals surface area contributed by atoms with Crippen LogP contribution in [-0.4, -0.2) is 51.0 Å². The molecule has 0 aliphatic heterocycles. The van der Waals surface area contributed by atoms with Crippen molar-refractivity contribution in [2.24, 2.45) is 0 Å². The van der Waals surface area contributed by atoms with Gasteiger partial charge < -0.3 is 23.8 Å². The molecule has 0 bridgehead atoms. The topological polar surface area (TPSA) is 143 Å². The summed E-state index contributed by atoms with van der Waals surface area (Å²) in [4.78, 5) is 39.8. The number of aromatic nitrogens is 8. The van der Waals surface area contributed by atoms with E-state index < -0.39 is 5.60 Å². The third-order valence-corrected chi connectivity index (χ3v) is 5.72. The quantitative estimate of drug-likeness (QED) is 0.258. The predicted molar refractivity (Wildman–Crippen MR) is 154 cm³/mol. The summed E-state index contributed by atoms with van der Waals surface area (Å²) in [6, 6.07) is 19.7. The van der Waals surface area contributed by atoms with Crippen LogP contribution in [0.3, 0.4) is 0 Å². The minimum Gasteiger partial charge on any atom is -0.471 e. The van der Waals surface area contributed by atoms with Gasteiger partial charge in [-0.2, -0.15) is 9.97 Å². The molecule has 12 nitrogen and oxygen atoms in total. The highest BCUT2D eigenvalue weighted by Crippen LogP contribution is 2.22. The molecule has 4 aromatic heterocycles. The number of rotatable bonds is 8. The summed E-state index contributed by atoms with van der Waals surface area (Å²) in [6.45, 7) is 6.34. The van der Waals surface area contributed by atoms with E-state index in [0.29, 0.717) is 41.8 Å². The highest BCUT2D eigenvalue weighted by molar-refractivity contribution is 5.79. The van der Waals surface area contributed by atoms with Crippen molar-refractivity contribution >= 4 is 28.3 Å². The van der Waals surface area contributed by atoms with Crippen LogP contribution in [0.15, 0.2) is 86.0 Å². The second kappa shape index (κ2) is 12.9. The molecule has 0 aliphatic carbocycles. The van der Waals surface area contributed by atoms with Gasteiger partial charge in [-0.25, -0.2) is 19.9 Å². The molecule has 0 aliphatic rings. The Balaban J connectivity index is 0.000000180. The van der Waals surface area contributed by atoms with Crippen molar-refractivity contribution in [3.8, 4) is 11.8 Å². The first-order chi connectivity index (χ1) is 20.4. The zero-order chi connectivity index (χ0) is 29.4. The molecule has 214 valence electrons. The standard InChI is InChI=1S/C18H20N4O3.C12H10N4O/c1-18(2,3)25-14(23)9-22-12-21-16-15(22)17(20-11-19-16)24-10-13-7-5-4-6-8-13;1-2-4-9(5-3-1)6-17-12-10-11(14-7-13-10)15-8-16-12/h4-8,11-12H,9-10H2,1-3H3;1-5,7-8H,6H2,(H,13,14,15,16). The van der Waals surface area contributed by atoms with Crippen LogP contribution in [-0.2, 0) is 29.3 Å². The third kappa shape index (κ3) is 7.42. The summed E-state index contributed by atoms with van der Waals surface area (Å²) >= 11 is 0. The molecule has 0 saturated carbocycles. The number of fused-ring (bicyclic) bond motifs is 2. The van der Waals surface area contributed by atoms with E-state index in [-0.39, 0.29) is 12.5 Å². The van der Waals surface area contributed by atoms with Gasteiger partial charge in [-0.3, -0.25) is 4.79 Å². The lowest BCUT2D eigenvalue weighted by molar-refractivity contribution is -0.155. The molecule has 42 heavy (non-hydrogen) atoms. The van der Waals surface area contributed by atoms with Gasteiger partial charge in [0.05, 0.1) is 12.7 Å². The molecule has 0 saturated heterocycles. The number of esters is 1. The third-order valence-electron chi connectivity index (χ3n) is 5.72. The molecule has 0 atom stereocenters. The van der Waals surface area contributed by atoms with Gasteiger partial charge in [0.25, 0.3) is 0 Å². The Bertz CT molecular complexity index is 1750. The maximum atomic E-state index is 12.1. The van der Waals surface area contributed by atoms with Crippen LogP contribution < -0.4 is 9.47 Å². The van der Waals surface area contributed by atoms with Gasteiger partial charge in [-0.15, -0.1) is 0 Å². The minimum absolute atomic E-state index is 0.0167. The van der Waals surface area contributed by atoms with E-state index in [4.69, 9.17) is 14.2 Å². The van der Waals surface area contributed by atoms with E-state index in [2.05, 4.69) is 34.9 Å². The molecular weight excluding hydrogens is 536 g/mol. The van der Waals surface area contributed by atoms with Crippen molar-refractivity contribution in [2.45, 2.75) is 46.1 Å². The van der Waals surface area contributed by atoms with Crippen molar-refractivity contribution in [2.75, 3.05) is 0 Å². The van der Waals surface area contributed by atoms with Crippen LogP contribution >= 0.6 is 0 Å². The number of hydrogen-bond donors (Lipinski definition) is 1. The number of hydrogen-bond acceptors (Lipinski definition) is 10. The Morgan fingerprint density at radius 3 is 2.00 bits per heavy atom. The van der Waals surface area contributed by atoms with Gasteiger partial charge in [-0.1, -0.05) is 60.7 Å². The van der Waals surface area contributed by atoms with Gasteiger partial charge in [0.2, 0.25) is 11.8 Å². The molecule has 12 heteroatoms. The minimum atomic E-state index is -0.545.